The van der Waals surface area contributed by atoms with Gasteiger partial charge in [-0.05, 0) is 24.6 Å². The summed E-state index contributed by atoms with van der Waals surface area (Å²) in [6.07, 6.45) is -0.466. The van der Waals surface area contributed by atoms with E-state index < -0.39 is 18.0 Å². The van der Waals surface area contributed by atoms with E-state index in [1.807, 2.05) is 30.3 Å². The van der Waals surface area contributed by atoms with E-state index in [4.69, 9.17) is 19.4 Å². The number of ether oxygens (including phenoxy) is 2. The normalized spacial score (nSPS) is 16.1. The summed E-state index contributed by atoms with van der Waals surface area (Å²) in [4.78, 5) is 26.9. The van der Waals surface area contributed by atoms with Crippen molar-refractivity contribution in [1.29, 1.82) is 5.26 Å². The first-order valence-corrected chi connectivity index (χ1v) is 11.5. The summed E-state index contributed by atoms with van der Waals surface area (Å²) in [6, 6.07) is 20.0. The standard InChI is InChI=1S/C26H29N5O3/c1-19(18-33-2)34-26(32)21(16-27)24-25(29-23-11-7-6-10-22(23)28-24)31-14-12-30(13-15-31)17-20-8-4-3-5-9-20/h3-11,19,21H,12-15,17-18H2,1-2H3/t19-,21+/m1/s1. The minimum atomic E-state index is -1.17. The highest BCUT2D eigenvalue weighted by molar-refractivity contribution is 5.85. The second-order valence-electron chi connectivity index (χ2n) is 8.43. The molecular weight excluding hydrogens is 430 g/mol. The van der Waals surface area contributed by atoms with Crippen LogP contribution in [-0.2, 0) is 20.8 Å². The maximum atomic E-state index is 12.9. The molecule has 2 atom stereocenters. The Morgan fingerprint density at radius 2 is 1.68 bits per heavy atom. The van der Waals surface area contributed by atoms with Gasteiger partial charge in [-0.25, -0.2) is 9.97 Å². The Morgan fingerprint density at radius 3 is 2.32 bits per heavy atom. The number of esters is 1. The van der Waals surface area contributed by atoms with Crippen molar-refractivity contribution in [1.82, 2.24) is 14.9 Å². The molecule has 8 nitrogen and oxygen atoms in total. The van der Waals surface area contributed by atoms with Crippen molar-refractivity contribution in [2.75, 3.05) is 44.8 Å². The zero-order chi connectivity index (χ0) is 23.9. The monoisotopic (exact) mass is 459 g/mol. The van der Waals surface area contributed by atoms with Gasteiger partial charge in [0.2, 0.25) is 0 Å². The van der Waals surface area contributed by atoms with Crippen LogP contribution in [0.25, 0.3) is 11.0 Å². The van der Waals surface area contributed by atoms with Crippen molar-refractivity contribution >= 4 is 22.8 Å². The van der Waals surface area contributed by atoms with Crippen LogP contribution >= 0.6 is 0 Å². The van der Waals surface area contributed by atoms with E-state index in [2.05, 4.69) is 40.1 Å². The van der Waals surface area contributed by atoms with E-state index in [0.29, 0.717) is 17.0 Å². The van der Waals surface area contributed by atoms with Crippen molar-refractivity contribution in [2.45, 2.75) is 25.5 Å². The largest absolute Gasteiger partial charge is 0.459 e. The fourth-order valence-corrected chi connectivity index (χ4v) is 4.15. The van der Waals surface area contributed by atoms with Crippen LogP contribution in [-0.4, -0.2) is 66.8 Å². The number of carbonyl (C=O) groups is 1. The third-order valence-corrected chi connectivity index (χ3v) is 5.86. The molecular formula is C26H29N5O3. The van der Waals surface area contributed by atoms with Crippen LogP contribution in [0.1, 0.15) is 24.1 Å². The molecule has 1 aliphatic rings. The third kappa shape index (κ3) is 5.50. The summed E-state index contributed by atoms with van der Waals surface area (Å²) in [7, 11) is 1.54. The number of fused-ring (bicyclic) bond motifs is 1. The van der Waals surface area contributed by atoms with Crippen molar-refractivity contribution in [3.8, 4) is 6.07 Å². The Balaban J connectivity index is 1.58. The summed E-state index contributed by atoms with van der Waals surface area (Å²) in [5.41, 5.74) is 2.99. The Hall–Kier alpha value is -3.54. The van der Waals surface area contributed by atoms with Gasteiger partial charge in [-0.2, -0.15) is 5.26 Å². The lowest BCUT2D eigenvalue weighted by Gasteiger charge is -2.36. The number of nitrogens with zero attached hydrogens (tertiary/aromatic N) is 5. The van der Waals surface area contributed by atoms with Crippen LogP contribution in [0.4, 0.5) is 5.82 Å². The average molecular weight is 460 g/mol. The minimum absolute atomic E-state index is 0.253. The number of benzene rings is 2. The number of anilines is 1. The van der Waals surface area contributed by atoms with E-state index in [1.54, 1.807) is 6.92 Å². The van der Waals surface area contributed by atoms with Gasteiger partial charge in [0.1, 0.15) is 11.8 Å². The van der Waals surface area contributed by atoms with E-state index in [0.717, 1.165) is 38.2 Å². The molecule has 4 rings (SSSR count). The zero-order valence-corrected chi connectivity index (χ0v) is 19.6. The predicted octanol–water partition coefficient (Wildman–Crippen LogP) is 3.14. The van der Waals surface area contributed by atoms with E-state index in [-0.39, 0.29) is 6.61 Å². The van der Waals surface area contributed by atoms with Crippen molar-refractivity contribution < 1.29 is 14.3 Å². The molecule has 0 spiro atoms. The molecule has 0 N–H and O–H groups in total. The molecule has 0 saturated carbocycles. The number of carbonyl (C=O) groups excluding carboxylic acids is 1. The molecule has 2 aromatic carbocycles. The van der Waals surface area contributed by atoms with E-state index >= 15 is 0 Å². The molecule has 0 amide bonds. The molecule has 176 valence electrons. The molecule has 1 saturated heterocycles. The number of para-hydroxylation sites is 2. The van der Waals surface area contributed by atoms with Crippen LogP contribution in [0.3, 0.4) is 0 Å². The summed E-state index contributed by atoms with van der Waals surface area (Å²) < 4.78 is 10.5. The van der Waals surface area contributed by atoms with Gasteiger partial charge in [-0.3, -0.25) is 9.69 Å². The van der Waals surface area contributed by atoms with Gasteiger partial charge in [0, 0.05) is 39.8 Å². The van der Waals surface area contributed by atoms with Crippen LogP contribution in [0.2, 0.25) is 0 Å². The highest BCUT2D eigenvalue weighted by Crippen LogP contribution is 2.29. The Kier molecular flexibility index (Phi) is 7.68. The van der Waals surface area contributed by atoms with Gasteiger partial charge in [0.25, 0.3) is 0 Å². The number of hydrogen-bond acceptors (Lipinski definition) is 8. The van der Waals surface area contributed by atoms with Crippen LogP contribution in [0.15, 0.2) is 54.6 Å². The molecule has 3 aromatic rings. The lowest BCUT2D eigenvalue weighted by atomic mass is 10.1. The molecule has 34 heavy (non-hydrogen) atoms. The SMILES string of the molecule is COC[C@@H](C)OC(=O)[C@@H](C#N)c1nc2ccccc2nc1N1CCN(Cc2ccccc2)CC1. The highest BCUT2D eigenvalue weighted by atomic mass is 16.6. The summed E-state index contributed by atoms with van der Waals surface area (Å²) in [5.74, 6) is -1.24. The van der Waals surface area contributed by atoms with Gasteiger partial charge < -0.3 is 14.4 Å². The van der Waals surface area contributed by atoms with Crippen LogP contribution in [0.5, 0.6) is 0 Å². The smallest absolute Gasteiger partial charge is 0.330 e. The topological polar surface area (TPSA) is 91.6 Å². The first-order valence-electron chi connectivity index (χ1n) is 11.5. The number of piperazine rings is 1. The number of nitriles is 1. The molecule has 2 heterocycles. The number of aromatic nitrogens is 2. The molecule has 1 aromatic heterocycles. The second kappa shape index (κ2) is 11.1. The highest BCUT2D eigenvalue weighted by Gasteiger charge is 2.32. The van der Waals surface area contributed by atoms with Crippen LogP contribution < -0.4 is 4.90 Å². The lowest BCUT2D eigenvalue weighted by molar-refractivity contribution is -0.150. The summed E-state index contributed by atoms with van der Waals surface area (Å²) >= 11 is 0. The summed E-state index contributed by atoms with van der Waals surface area (Å²) in [5, 5.41) is 9.92. The second-order valence-corrected chi connectivity index (χ2v) is 8.43. The fraction of sp³-hybridized carbons (Fsp3) is 0.385. The molecule has 0 radical (unpaired) electrons. The van der Waals surface area contributed by atoms with Crippen molar-refractivity contribution in [3.63, 3.8) is 0 Å². The number of methoxy groups -OCH3 is 1. The maximum Gasteiger partial charge on any atom is 0.330 e. The molecule has 8 heteroatoms. The van der Waals surface area contributed by atoms with Crippen molar-refractivity contribution in [2.24, 2.45) is 0 Å². The van der Waals surface area contributed by atoms with Gasteiger partial charge in [0.15, 0.2) is 11.7 Å². The van der Waals surface area contributed by atoms with Gasteiger partial charge in [-0.1, -0.05) is 42.5 Å². The molecule has 0 unspecified atom stereocenters. The van der Waals surface area contributed by atoms with Crippen molar-refractivity contribution in [3.05, 3.63) is 65.9 Å². The molecule has 1 aliphatic heterocycles. The zero-order valence-electron chi connectivity index (χ0n) is 19.6. The van der Waals surface area contributed by atoms with Gasteiger partial charge in [0.05, 0.1) is 23.7 Å². The first kappa shape index (κ1) is 23.6. The third-order valence-electron chi connectivity index (χ3n) is 5.86. The average Bonchev–Trinajstić information content (AvgIpc) is 2.85. The minimum Gasteiger partial charge on any atom is -0.459 e. The Bertz CT molecular complexity index is 1160. The number of hydrogen-bond donors (Lipinski definition) is 0. The van der Waals surface area contributed by atoms with E-state index in [1.165, 1.54) is 12.7 Å². The lowest BCUT2D eigenvalue weighted by Crippen LogP contribution is -2.46. The first-order chi connectivity index (χ1) is 16.6. The van der Waals surface area contributed by atoms with Gasteiger partial charge >= 0.3 is 5.97 Å². The maximum absolute atomic E-state index is 12.9. The molecule has 1 fully saturated rings. The Morgan fingerprint density at radius 1 is 1.03 bits per heavy atom. The molecule has 0 aliphatic carbocycles. The summed E-state index contributed by atoms with van der Waals surface area (Å²) in [6.45, 7) is 6.00. The van der Waals surface area contributed by atoms with Crippen LogP contribution in [0, 0.1) is 11.3 Å². The van der Waals surface area contributed by atoms with E-state index in [9.17, 15) is 10.1 Å². The number of rotatable bonds is 8. The molecule has 0 bridgehead atoms. The van der Waals surface area contributed by atoms with Gasteiger partial charge in [-0.15, -0.1) is 0 Å². The Labute approximate surface area is 199 Å². The predicted molar refractivity (Wildman–Crippen MR) is 129 cm³/mol. The quantitative estimate of drug-likeness (QED) is 0.475. The fourth-order valence-electron chi connectivity index (χ4n) is 4.15.